The van der Waals surface area contributed by atoms with Gasteiger partial charge in [0.1, 0.15) is 11.5 Å². The predicted octanol–water partition coefficient (Wildman–Crippen LogP) is 5.93. The number of furan rings is 1. The van der Waals surface area contributed by atoms with Crippen molar-refractivity contribution in [3.63, 3.8) is 0 Å². The minimum Gasteiger partial charge on any atom is -0.478 e. The second kappa shape index (κ2) is 7.81. The monoisotopic (exact) mass is 420 g/mol. The lowest BCUT2D eigenvalue weighted by molar-refractivity contribution is -0.384. The molecular formula is C22H13ClN2O5. The normalized spacial score (nSPS) is 11.2. The first-order valence-electron chi connectivity index (χ1n) is 8.78. The highest BCUT2D eigenvalue weighted by molar-refractivity contribution is 6.31. The van der Waals surface area contributed by atoms with E-state index in [1.807, 2.05) is 0 Å². The Hall–Kier alpha value is -3.97. The number of benzene rings is 2. The van der Waals surface area contributed by atoms with Crippen molar-refractivity contribution in [3.05, 3.63) is 92.8 Å². The number of rotatable bonds is 5. The Bertz CT molecular complexity index is 1330. The molecular weight excluding hydrogens is 408 g/mol. The standard InChI is InChI=1S/C22H13ClN2O5/c23-13-5-9-19-17(11-13)18(22(26)27)12-14(24-19)6-7-15-8-10-21(30-15)16-3-1-2-4-20(16)25(28)29/h1-12H,(H,26,27)/b7-6+. The third kappa shape index (κ3) is 3.78. The average Bonchev–Trinajstić information content (AvgIpc) is 3.20. The van der Waals surface area contributed by atoms with Crippen LogP contribution in [0.5, 0.6) is 0 Å². The van der Waals surface area contributed by atoms with E-state index in [0.29, 0.717) is 38.7 Å². The van der Waals surface area contributed by atoms with Crippen molar-refractivity contribution in [1.82, 2.24) is 4.98 Å². The number of carbonyl (C=O) groups is 1. The lowest BCUT2D eigenvalue weighted by Gasteiger charge is -2.04. The number of nitro groups is 1. The molecule has 0 saturated heterocycles. The van der Waals surface area contributed by atoms with Crippen LogP contribution in [-0.2, 0) is 0 Å². The molecule has 0 bridgehead atoms. The van der Waals surface area contributed by atoms with E-state index in [1.165, 1.54) is 12.1 Å². The summed E-state index contributed by atoms with van der Waals surface area (Å²) in [6.45, 7) is 0. The zero-order valence-corrected chi connectivity index (χ0v) is 16.0. The highest BCUT2D eigenvalue weighted by atomic mass is 35.5. The highest BCUT2D eigenvalue weighted by Gasteiger charge is 2.17. The third-order valence-electron chi connectivity index (χ3n) is 4.43. The molecule has 0 unspecified atom stereocenters. The fourth-order valence-corrected chi connectivity index (χ4v) is 3.25. The quantitative estimate of drug-likeness (QED) is 0.317. The van der Waals surface area contributed by atoms with E-state index in [2.05, 4.69) is 4.98 Å². The number of nitrogens with zero attached hydrogens (tertiary/aromatic N) is 2. The molecule has 7 nitrogen and oxygen atoms in total. The molecule has 148 valence electrons. The largest absolute Gasteiger partial charge is 0.478 e. The molecule has 8 heteroatoms. The molecule has 0 amide bonds. The lowest BCUT2D eigenvalue weighted by atomic mass is 10.1. The fraction of sp³-hybridized carbons (Fsp3) is 0. The van der Waals surface area contributed by atoms with Gasteiger partial charge in [-0.2, -0.15) is 0 Å². The number of hydrogen-bond donors (Lipinski definition) is 1. The van der Waals surface area contributed by atoms with Crippen LogP contribution in [0.3, 0.4) is 0 Å². The van der Waals surface area contributed by atoms with E-state index in [9.17, 15) is 20.0 Å². The van der Waals surface area contributed by atoms with Gasteiger partial charge in [0.25, 0.3) is 5.69 Å². The van der Waals surface area contributed by atoms with E-state index in [4.69, 9.17) is 16.0 Å². The molecule has 0 saturated carbocycles. The van der Waals surface area contributed by atoms with E-state index < -0.39 is 10.9 Å². The van der Waals surface area contributed by atoms with Gasteiger partial charge in [-0.1, -0.05) is 23.7 Å². The summed E-state index contributed by atoms with van der Waals surface area (Å²) in [6, 6.07) is 15.9. The van der Waals surface area contributed by atoms with Crippen molar-refractivity contribution < 1.29 is 19.2 Å². The van der Waals surface area contributed by atoms with Gasteiger partial charge in [0.05, 0.1) is 27.3 Å². The third-order valence-corrected chi connectivity index (χ3v) is 4.67. The van der Waals surface area contributed by atoms with Crippen LogP contribution in [0.1, 0.15) is 21.8 Å². The highest BCUT2D eigenvalue weighted by Crippen LogP contribution is 2.31. The summed E-state index contributed by atoms with van der Waals surface area (Å²) in [6.07, 6.45) is 3.23. The first-order valence-corrected chi connectivity index (χ1v) is 9.15. The van der Waals surface area contributed by atoms with Gasteiger partial charge in [0.2, 0.25) is 0 Å². The van der Waals surface area contributed by atoms with Gasteiger partial charge in [0, 0.05) is 16.5 Å². The number of aromatic carboxylic acids is 1. The maximum absolute atomic E-state index is 11.6. The van der Waals surface area contributed by atoms with Gasteiger partial charge in [-0.05, 0) is 54.6 Å². The van der Waals surface area contributed by atoms with E-state index >= 15 is 0 Å². The lowest BCUT2D eigenvalue weighted by Crippen LogP contribution is -2.00. The summed E-state index contributed by atoms with van der Waals surface area (Å²) in [5.74, 6) is -0.289. The molecule has 30 heavy (non-hydrogen) atoms. The molecule has 1 N–H and O–H groups in total. The molecule has 0 aliphatic rings. The van der Waals surface area contributed by atoms with Crippen molar-refractivity contribution in [2.45, 2.75) is 0 Å². The number of aromatic nitrogens is 1. The van der Waals surface area contributed by atoms with E-state index in [0.717, 1.165) is 0 Å². The molecule has 0 spiro atoms. The van der Waals surface area contributed by atoms with Gasteiger partial charge in [-0.15, -0.1) is 0 Å². The van der Waals surface area contributed by atoms with Crippen molar-refractivity contribution >= 4 is 46.3 Å². The van der Waals surface area contributed by atoms with Crippen molar-refractivity contribution in [2.75, 3.05) is 0 Å². The van der Waals surface area contributed by atoms with Gasteiger partial charge >= 0.3 is 5.97 Å². The Labute approximate surface area is 175 Å². The summed E-state index contributed by atoms with van der Waals surface area (Å²) < 4.78 is 5.71. The Kier molecular flexibility index (Phi) is 5.04. The second-order valence-corrected chi connectivity index (χ2v) is 6.81. The zero-order chi connectivity index (χ0) is 21.3. The number of pyridine rings is 1. The van der Waals surface area contributed by atoms with E-state index in [-0.39, 0.29) is 11.3 Å². The minimum absolute atomic E-state index is 0.0525. The molecule has 0 radical (unpaired) electrons. The van der Waals surface area contributed by atoms with Crippen molar-refractivity contribution in [2.24, 2.45) is 0 Å². The van der Waals surface area contributed by atoms with Gasteiger partial charge in [-0.25, -0.2) is 9.78 Å². The molecule has 0 atom stereocenters. The second-order valence-electron chi connectivity index (χ2n) is 6.37. The number of halogens is 1. The summed E-state index contributed by atoms with van der Waals surface area (Å²) in [4.78, 5) is 26.8. The number of hydrogen-bond acceptors (Lipinski definition) is 5. The average molecular weight is 421 g/mol. The van der Waals surface area contributed by atoms with E-state index in [1.54, 1.807) is 60.7 Å². The number of para-hydroxylation sites is 1. The van der Waals surface area contributed by atoms with Gasteiger partial charge in [-0.3, -0.25) is 10.1 Å². The molecule has 2 aromatic carbocycles. The summed E-state index contributed by atoms with van der Waals surface area (Å²) in [7, 11) is 0. The Morgan fingerprint density at radius 1 is 1.10 bits per heavy atom. The Morgan fingerprint density at radius 2 is 1.90 bits per heavy atom. The minimum atomic E-state index is -1.09. The van der Waals surface area contributed by atoms with Crippen LogP contribution in [0.4, 0.5) is 5.69 Å². The van der Waals surface area contributed by atoms with Crippen LogP contribution >= 0.6 is 11.6 Å². The van der Waals surface area contributed by atoms with Crippen LogP contribution in [-0.4, -0.2) is 21.0 Å². The Morgan fingerprint density at radius 3 is 2.67 bits per heavy atom. The van der Waals surface area contributed by atoms with Crippen LogP contribution in [0.15, 0.2) is 65.1 Å². The number of carboxylic acids is 1. The molecule has 0 aliphatic heterocycles. The molecule has 0 aliphatic carbocycles. The molecule has 4 rings (SSSR count). The maximum atomic E-state index is 11.6. The SMILES string of the molecule is O=C(O)c1cc(/C=C/c2ccc(-c3ccccc3[N+](=O)[O-])o2)nc2ccc(Cl)cc12. The topological polar surface area (TPSA) is 106 Å². The van der Waals surface area contributed by atoms with Crippen molar-refractivity contribution in [3.8, 4) is 11.3 Å². The van der Waals surface area contributed by atoms with Gasteiger partial charge < -0.3 is 9.52 Å². The number of carboxylic acid groups (broad SMARTS) is 1. The number of fused-ring (bicyclic) bond motifs is 1. The Balaban J connectivity index is 1.69. The van der Waals surface area contributed by atoms with Crippen LogP contribution in [0, 0.1) is 10.1 Å². The zero-order valence-electron chi connectivity index (χ0n) is 15.3. The molecule has 2 aromatic heterocycles. The number of nitro benzene ring substituents is 1. The summed E-state index contributed by atoms with van der Waals surface area (Å²) in [5, 5.41) is 21.6. The molecule has 0 fully saturated rings. The predicted molar refractivity (Wildman–Crippen MR) is 113 cm³/mol. The van der Waals surface area contributed by atoms with Crippen molar-refractivity contribution in [1.29, 1.82) is 0 Å². The van der Waals surface area contributed by atoms with Crippen LogP contribution in [0.2, 0.25) is 5.02 Å². The van der Waals surface area contributed by atoms with Crippen LogP contribution in [0.25, 0.3) is 34.4 Å². The smallest absolute Gasteiger partial charge is 0.336 e. The summed E-state index contributed by atoms with van der Waals surface area (Å²) in [5.41, 5.74) is 1.33. The van der Waals surface area contributed by atoms with Gasteiger partial charge in [0.15, 0.2) is 0 Å². The maximum Gasteiger partial charge on any atom is 0.336 e. The first-order chi connectivity index (χ1) is 14.4. The van der Waals surface area contributed by atoms with Crippen LogP contribution < -0.4 is 0 Å². The fourth-order valence-electron chi connectivity index (χ4n) is 3.08. The molecule has 4 aromatic rings. The first kappa shape index (κ1) is 19.4. The summed E-state index contributed by atoms with van der Waals surface area (Å²) >= 11 is 5.97. The molecule has 2 heterocycles.